The first-order valence-electron chi connectivity index (χ1n) is 13.2. The second-order valence-corrected chi connectivity index (χ2v) is 12.3. The van der Waals surface area contributed by atoms with Crippen LogP contribution in [0, 0.1) is 17.2 Å². The molecule has 5 rings (SSSR count). The summed E-state index contributed by atoms with van der Waals surface area (Å²) in [6.45, 7) is 3.57. The minimum Gasteiger partial charge on any atom is -0.472 e. The van der Waals surface area contributed by atoms with Crippen molar-refractivity contribution in [2.24, 2.45) is 5.92 Å². The quantitative estimate of drug-likeness (QED) is 0.351. The number of pyridine rings is 1. The van der Waals surface area contributed by atoms with E-state index in [2.05, 4.69) is 4.98 Å². The molecule has 212 valence electrons. The monoisotopic (exact) mass is 574 g/mol. The second-order valence-electron chi connectivity index (χ2n) is 10.3. The number of benzene rings is 2. The van der Waals surface area contributed by atoms with Gasteiger partial charge in [0.1, 0.15) is 23.0 Å². The highest BCUT2D eigenvalue weighted by Gasteiger charge is 2.36. The van der Waals surface area contributed by atoms with E-state index in [0.29, 0.717) is 22.5 Å². The molecule has 0 fully saturated rings. The lowest BCUT2D eigenvalue weighted by Gasteiger charge is -2.37. The number of para-hydroxylation sites is 1. The number of fused-ring (bicyclic) bond motifs is 2. The van der Waals surface area contributed by atoms with Gasteiger partial charge < -0.3 is 19.2 Å². The van der Waals surface area contributed by atoms with Gasteiger partial charge in [0.2, 0.25) is 15.9 Å². The van der Waals surface area contributed by atoms with Gasteiger partial charge in [0, 0.05) is 36.7 Å². The summed E-state index contributed by atoms with van der Waals surface area (Å²) in [6, 6.07) is 18.3. The minimum absolute atomic E-state index is 0.0223. The van der Waals surface area contributed by atoms with Gasteiger partial charge in [0.25, 0.3) is 5.91 Å². The van der Waals surface area contributed by atoms with Gasteiger partial charge in [-0.05, 0) is 49.4 Å². The van der Waals surface area contributed by atoms with Crippen LogP contribution in [0.5, 0.6) is 5.88 Å². The summed E-state index contributed by atoms with van der Waals surface area (Å²) in [7, 11) is -2.44. The molecule has 3 atom stereocenters. The number of ether oxygens (including phenoxy) is 1. The molecule has 2 aromatic carbocycles. The Morgan fingerprint density at radius 1 is 1.20 bits per heavy atom. The number of aromatic nitrogens is 1. The van der Waals surface area contributed by atoms with Crippen molar-refractivity contribution in [3.05, 3.63) is 78.0 Å². The molecule has 2 aromatic heterocycles. The van der Waals surface area contributed by atoms with Crippen molar-refractivity contribution in [2.75, 3.05) is 26.7 Å². The van der Waals surface area contributed by atoms with E-state index >= 15 is 0 Å². The Kier molecular flexibility index (Phi) is 7.82. The van der Waals surface area contributed by atoms with Gasteiger partial charge >= 0.3 is 0 Å². The molecule has 3 heterocycles. The molecule has 1 amide bonds. The standard InChI is InChI=1S/C30H30N4O6S/c1-19-16-34(20(2)18-35)30(36)25-12-23(27-13-22-6-4-5-7-26(22)39-27)15-32-29(25)40-28(19)17-33(3)41(37,38)24-10-8-21(14-31)9-11-24/h4-13,15,19-20,28,35H,16-18H2,1-3H3/t19-,20+,28-/m0/s1. The van der Waals surface area contributed by atoms with Crippen LogP contribution in [-0.4, -0.2) is 72.5 Å². The zero-order valence-electron chi connectivity index (χ0n) is 22.9. The molecule has 0 saturated carbocycles. The van der Waals surface area contributed by atoms with Crippen molar-refractivity contribution in [2.45, 2.75) is 30.9 Å². The third-order valence-corrected chi connectivity index (χ3v) is 9.20. The number of nitrogens with zero attached hydrogens (tertiary/aromatic N) is 4. The lowest BCUT2D eigenvalue weighted by molar-refractivity contribution is 0.0373. The van der Waals surface area contributed by atoms with Crippen LogP contribution in [0.3, 0.4) is 0 Å². The number of rotatable bonds is 7. The van der Waals surface area contributed by atoms with Crippen LogP contribution in [0.25, 0.3) is 22.3 Å². The summed E-state index contributed by atoms with van der Waals surface area (Å²) in [6.07, 6.45) is 0.891. The van der Waals surface area contributed by atoms with E-state index in [9.17, 15) is 18.3 Å². The Balaban J connectivity index is 1.50. The van der Waals surface area contributed by atoms with Crippen molar-refractivity contribution >= 4 is 26.9 Å². The third-order valence-electron chi connectivity index (χ3n) is 7.36. The van der Waals surface area contributed by atoms with Crippen LogP contribution in [0.2, 0.25) is 0 Å². The average molecular weight is 575 g/mol. The van der Waals surface area contributed by atoms with Gasteiger partial charge in [-0.1, -0.05) is 25.1 Å². The van der Waals surface area contributed by atoms with Gasteiger partial charge in [-0.15, -0.1) is 0 Å². The van der Waals surface area contributed by atoms with Crippen LogP contribution in [-0.2, 0) is 10.0 Å². The zero-order chi connectivity index (χ0) is 29.3. The Morgan fingerprint density at radius 3 is 2.61 bits per heavy atom. The molecule has 10 nitrogen and oxygen atoms in total. The molecule has 1 aliphatic rings. The van der Waals surface area contributed by atoms with Crippen molar-refractivity contribution in [3.63, 3.8) is 0 Å². The van der Waals surface area contributed by atoms with E-state index in [1.54, 1.807) is 24.1 Å². The lowest BCUT2D eigenvalue weighted by Crippen LogP contribution is -2.50. The topological polar surface area (TPSA) is 137 Å². The van der Waals surface area contributed by atoms with Crippen LogP contribution < -0.4 is 4.74 Å². The number of carbonyl (C=O) groups excluding carboxylic acids is 1. The Hall–Kier alpha value is -4.24. The summed E-state index contributed by atoms with van der Waals surface area (Å²) in [5.41, 5.74) is 1.83. The predicted octanol–water partition coefficient (Wildman–Crippen LogP) is 3.91. The number of amides is 1. The van der Waals surface area contributed by atoms with Crippen LogP contribution >= 0.6 is 0 Å². The van der Waals surface area contributed by atoms with Gasteiger partial charge in [-0.2, -0.15) is 9.57 Å². The highest BCUT2D eigenvalue weighted by Crippen LogP contribution is 2.33. The first-order chi connectivity index (χ1) is 19.6. The first-order valence-corrected chi connectivity index (χ1v) is 14.6. The summed E-state index contributed by atoms with van der Waals surface area (Å²) in [5.74, 6) is -0.0468. The molecule has 4 aromatic rings. The van der Waals surface area contributed by atoms with Crippen molar-refractivity contribution < 1.29 is 27.5 Å². The molecule has 1 aliphatic heterocycles. The molecular weight excluding hydrogens is 544 g/mol. The van der Waals surface area contributed by atoms with E-state index in [-0.39, 0.29) is 47.9 Å². The molecule has 11 heteroatoms. The van der Waals surface area contributed by atoms with Gasteiger partial charge in [0.05, 0.1) is 35.7 Å². The SMILES string of the molecule is C[C@H](CO)N1C[C@H](C)[C@H](CN(C)S(=O)(=O)c2ccc(C#N)cc2)Oc2ncc(-c3cc4ccccc4o3)cc2C1=O. The van der Waals surface area contributed by atoms with Gasteiger partial charge in [-0.25, -0.2) is 13.4 Å². The number of hydrogen-bond donors (Lipinski definition) is 1. The average Bonchev–Trinajstić information content (AvgIpc) is 3.42. The number of hydrogen-bond acceptors (Lipinski definition) is 8. The van der Waals surface area contributed by atoms with Crippen molar-refractivity contribution in [3.8, 4) is 23.3 Å². The summed E-state index contributed by atoms with van der Waals surface area (Å²) in [4.78, 5) is 19.9. The number of carbonyl (C=O) groups is 1. The van der Waals surface area contributed by atoms with Crippen molar-refractivity contribution in [1.82, 2.24) is 14.2 Å². The highest BCUT2D eigenvalue weighted by molar-refractivity contribution is 7.89. The molecule has 0 spiro atoms. The zero-order valence-corrected chi connectivity index (χ0v) is 23.7. The molecule has 0 saturated heterocycles. The third kappa shape index (κ3) is 5.54. The fourth-order valence-electron chi connectivity index (χ4n) is 4.81. The smallest absolute Gasteiger partial charge is 0.259 e. The number of aliphatic hydroxyl groups is 1. The van der Waals surface area contributed by atoms with Gasteiger partial charge in [-0.3, -0.25) is 4.79 Å². The predicted molar refractivity (Wildman–Crippen MR) is 152 cm³/mol. The fraction of sp³-hybridized carbons (Fsp3) is 0.300. The van der Waals surface area contributed by atoms with Crippen LogP contribution in [0.15, 0.2) is 76.2 Å². The van der Waals surface area contributed by atoms with E-state index in [1.165, 1.54) is 35.6 Å². The Morgan fingerprint density at radius 2 is 1.93 bits per heavy atom. The number of furan rings is 1. The molecule has 0 bridgehead atoms. The second kappa shape index (κ2) is 11.3. The molecule has 41 heavy (non-hydrogen) atoms. The largest absolute Gasteiger partial charge is 0.472 e. The molecule has 1 N–H and O–H groups in total. The van der Waals surface area contributed by atoms with Crippen LogP contribution in [0.4, 0.5) is 0 Å². The molecular formula is C30H30N4O6S. The molecule has 0 unspecified atom stereocenters. The Labute approximate surface area is 238 Å². The maximum atomic E-state index is 13.8. The maximum absolute atomic E-state index is 13.8. The number of aliphatic hydroxyl groups excluding tert-OH is 1. The van der Waals surface area contributed by atoms with Crippen LogP contribution in [0.1, 0.15) is 29.8 Å². The lowest BCUT2D eigenvalue weighted by atomic mass is 10.00. The summed E-state index contributed by atoms with van der Waals surface area (Å²) < 4.78 is 40.1. The highest BCUT2D eigenvalue weighted by atomic mass is 32.2. The van der Waals surface area contributed by atoms with E-state index in [1.807, 2.05) is 43.3 Å². The number of sulfonamides is 1. The normalized spacial score (nSPS) is 18.3. The fourth-order valence-corrected chi connectivity index (χ4v) is 6.00. The van der Waals surface area contributed by atoms with Crippen molar-refractivity contribution in [1.29, 1.82) is 5.26 Å². The Bertz CT molecular complexity index is 1690. The van der Waals surface area contributed by atoms with E-state index < -0.39 is 22.2 Å². The molecule has 0 aliphatic carbocycles. The maximum Gasteiger partial charge on any atom is 0.259 e. The van der Waals surface area contributed by atoms with Gasteiger partial charge in [0.15, 0.2) is 0 Å². The molecule has 0 radical (unpaired) electrons. The number of nitriles is 1. The summed E-state index contributed by atoms with van der Waals surface area (Å²) >= 11 is 0. The van der Waals surface area contributed by atoms with E-state index in [4.69, 9.17) is 14.4 Å². The van der Waals surface area contributed by atoms with E-state index in [0.717, 1.165) is 5.39 Å². The number of likely N-dealkylation sites (N-methyl/N-ethyl adjacent to an activating group) is 1. The minimum atomic E-state index is -3.90. The summed E-state index contributed by atoms with van der Waals surface area (Å²) in [5, 5.41) is 19.9. The first kappa shape index (κ1) is 28.3.